The van der Waals surface area contributed by atoms with E-state index in [-0.39, 0.29) is 35.6 Å². The van der Waals surface area contributed by atoms with Gasteiger partial charge < -0.3 is 20.7 Å². The van der Waals surface area contributed by atoms with Crippen molar-refractivity contribution >= 4 is 30.1 Å². The molecule has 1 aromatic carbocycles. The van der Waals surface area contributed by atoms with Crippen LogP contribution in [0.25, 0.3) is 0 Å². The molecule has 1 unspecified atom stereocenters. The van der Waals surface area contributed by atoms with Crippen molar-refractivity contribution in [2.24, 2.45) is 0 Å². The van der Waals surface area contributed by atoms with E-state index in [2.05, 4.69) is 5.32 Å². The third-order valence-corrected chi connectivity index (χ3v) is 3.38. The van der Waals surface area contributed by atoms with E-state index in [1.54, 1.807) is 6.07 Å². The summed E-state index contributed by atoms with van der Waals surface area (Å²) in [6, 6.07) is 3.75. The minimum Gasteiger partial charge on any atom is -0.398 e. The maximum atomic E-state index is 12.5. The van der Waals surface area contributed by atoms with E-state index in [0.29, 0.717) is 12.6 Å². The van der Waals surface area contributed by atoms with Crippen LogP contribution < -0.4 is 11.1 Å². The second-order valence-corrected chi connectivity index (χ2v) is 4.72. The number of hydrogen-bond donors (Lipinski definition) is 2. The van der Waals surface area contributed by atoms with Gasteiger partial charge in [0.25, 0.3) is 5.91 Å². The van der Waals surface area contributed by atoms with Gasteiger partial charge in [-0.15, -0.1) is 0 Å². The van der Waals surface area contributed by atoms with Crippen LogP contribution in [-0.4, -0.2) is 49.4 Å². The molecule has 3 N–H and O–H groups in total. The highest BCUT2D eigenvalue weighted by molar-refractivity contribution is 6.05. The van der Waals surface area contributed by atoms with Crippen LogP contribution in [-0.2, 0) is 9.59 Å². The van der Waals surface area contributed by atoms with E-state index < -0.39 is 11.9 Å². The third kappa shape index (κ3) is 3.69. The van der Waals surface area contributed by atoms with Gasteiger partial charge in [0.05, 0.1) is 5.56 Å². The first-order valence-corrected chi connectivity index (χ1v) is 6.74. The number of benzene rings is 1. The summed E-state index contributed by atoms with van der Waals surface area (Å²) in [6.07, 6.45) is 1.54. The minimum atomic E-state index is -0.802. The highest BCUT2D eigenvalue weighted by Gasteiger charge is 2.28. The molecule has 0 aliphatic heterocycles. The van der Waals surface area contributed by atoms with Gasteiger partial charge in [-0.25, -0.2) is 0 Å². The number of anilines is 1. The molecule has 118 valence electrons. The summed E-state index contributed by atoms with van der Waals surface area (Å²) in [6.45, 7) is 0. The van der Waals surface area contributed by atoms with E-state index in [0.717, 1.165) is 0 Å². The normalized spacial score (nSPS) is 11.4. The lowest BCUT2D eigenvalue weighted by Gasteiger charge is -2.27. The molecule has 0 aliphatic carbocycles. The lowest BCUT2D eigenvalue weighted by atomic mass is 10.0. The van der Waals surface area contributed by atoms with Crippen LogP contribution in [0.1, 0.15) is 33.6 Å². The molecule has 0 saturated heterocycles. The molecule has 2 amide bonds. The van der Waals surface area contributed by atoms with E-state index in [1.165, 1.54) is 31.1 Å². The zero-order valence-corrected chi connectivity index (χ0v) is 12.5. The van der Waals surface area contributed by atoms with Gasteiger partial charge in [0.2, 0.25) is 5.91 Å². The summed E-state index contributed by atoms with van der Waals surface area (Å²) in [5.41, 5.74) is 6.09. The smallest absolute Gasteiger partial charge is 0.255 e. The first-order chi connectivity index (χ1) is 10.5. The number of amides is 2. The zero-order valence-electron chi connectivity index (χ0n) is 12.5. The van der Waals surface area contributed by atoms with Crippen LogP contribution in [0.3, 0.4) is 0 Å². The average Bonchev–Trinajstić information content (AvgIpc) is 2.53. The number of carbonyl (C=O) groups excluding carboxylic acids is 4. The molecule has 0 heterocycles. The third-order valence-electron chi connectivity index (χ3n) is 3.38. The Bertz CT molecular complexity index is 586. The van der Waals surface area contributed by atoms with Gasteiger partial charge >= 0.3 is 0 Å². The lowest BCUT2D eigenvalue weighted by Crippen LogP contribution is -2.47. The van der Waals surface area contributed by atoms with Crippen LogP contribution in [0.15, 0.2) is 18.2 Å². The molecule has 7 heteroatoms. The van der Waals surface area contributed by atoms with Gasteiger partial charge in [-0.05, 0) is 18.6 Å². The molecule has 0 fully saturated rings. The molecule has 1 rings (SSSR count). The van der Waals surface area contributed by atoms with Crippen molar-refractivity contribution in [1.29, 1.82) is 0 Å². The number of nitrogens with one attached hydrogen (secondary N) is 1. The fourth-order valence-corrected chi connectivity index (χ4v) is 2.13. The van der Waals surface area contributed by atoms with Crippen molar-refractivity contribution in [3.8, 4) is 0 Å². The Morgan fingerprint density at radius 2 is 2.05 bits per heavy atom. The molecule has 0 spiro atoms. The van der Waals surface area contributed by atoms with E-state index in [1.807, 2.05) is 0 Å². The summed E-state index contributed by atoms with van der Waals surface area (Å²) in [7, 11) is 2.90. The molecule has 22 heavy (non-hydrogen) atoms. The molecule has 0 aromatic heterocycles. The van der Waals surface area contributed by atoms with Crippen molar-refractivity contribution < 1.29 is 19.2 Å². The average molecular weight is 305 g/mol. The minimum absolute atomic E-state index is 0.0883. The van der Waals surface area contributed by atoms with Crippen LogP contribution in [0, 0.1) is 0 Å². The second-order valence-electron chi connectivity index (χ2n) is 4.72. The van der Waals surface area contributed by atoms with Crippen LogP contribution in [0.5, 0.6) is 0 Å². The number of nitrogens with two attached hydrogens (primary N) is 1. The molecular formula is C15H19N3O4. The standard InChI is InChI=1S/C15H19N3O4/c1-17-14(21)13(7-4-8-19)18(2)15(22)10-5-3-6-12(16)11(10)9-20/h3,5-6,8-9,13H,4,7,16H2,1-2H3,(H,17,21). The van der Waals surface area contributed by atoms with Crippen molar-refractivity contribution in [1.82, 2.24) is 10.2 Å². The highest BCUT2D eigenvalue weighted by atomic mass is 16.2. The molecule has 0 radical (unpaired) electrons. The molecule has 0 bridgehead atoms. The Morgan fingerprint density at radius 3 is 2.59 bits per heavy atom. The monoisotopic (exact) mass is 305 g/mol. The predicted octanol–water partition coefficient (Wildman–Crippen LogP) is 0.247. The highest BCUT2D eigenvalue weighted by Crippen LogP contribution is 2.18. The summed E-state index contributed by atoms with van der Waals surface area (Å²) in [5.74, 6) is -0.886. The number of aldehydes is 2. The number of hydrogen-bond acceptors (Lipinski definition) is 5. The number of likely N-dealkylation sites (N-methyl/N-ethyl adjacent to an activating group) is 2. The summed E-state index contributed by atoms with van der Waals surface area (Å²) < 4.78 is 0. The first-order valence-electron chi connectivity index (χ1n) is 6.74. The number of carbonyl (C=O) groups is 4. The van der Waals surface area contributed by atoms with Crippen LogP contribution in [0.2, 0.25) is 0 Å². The van der Waals surface area contributed by atoms with Crippen LogP contribution in [0.4, 0.5) is 5.69 Å². The topological polar surface area (TPSA) is 110 Å². The maximum Gasteiger partial charge on any atom is 0.255 e. The quantitative estimate of drug-likeness (QED) is 0.554. The second kappa shape index (κ2) is 7.92. The predicted molar refractivity (Wildman–Crippen MR) is 81.5 cm³/mol. The number of nitrogens with zero attached hydrogens (tertiary/aromatic N) is 1. The molecule has 0 saturated carbocycles. The molecule has 7 nitrogen and oxygen atoms in total. The van der Waals surface area contributed by atoms with Crippen LogP contribution >= 0.6 is 0 Å². The van der Waals surface area contributed by atoms with Crippen molar-refractivity contribution in [2.75, 3.05) is 19.8 Å². The lowest BCUT2D eigenvalue weighted by molar-refractivity contribution is -0.125. The van der Waals surface area contributed by atoms with Crippen molar-refractivity contribution in [2.45, 2.75) is 18.9 Å². The summed E-state index contributed by atoms with van der Waals surface area (Å²) >= 11 is 0. The van der Waals surface area contributed by atoms with Gasteiger partial charge in [-0.2, -0.15) is 0 Å². The Kier molecular flexibility index (Phi) is 6.25. The SMILES string of the molecule is CNC(=O)C(CCC=O)N(C)C(=O)c1cccc(N)c1C=O. The molecule has 1 atom stereocenters. The van der Waals surface area contributed by atoms with E-state index in [4.69, 9.17) is 5.73 Å². The van der Waals surface area contributed by atoms with Gasteiger partial charge in [0.15, 0.2) is 6.29 Å². The summed E-state index contributed by atoms with van der Waals surface area (Å²) in [5, 5.41) is 2.46. The Balaban J connectivity index is 3.13. The number of rotatable bonds is 7. The largest absolute Gasteiger partial charge is 0.398 e. The Hall–Kier alpha value is -2.70. The Morgan fingerprint density at radius 1 is 1.36 bits per heavy atom. The van der Waals surface area contributed by atoms with Crippen molar-refractivity contribution in [3.05, 3.63) is 29.3 Å². The van der Waals surface area contributed by atoms with Crippen molar-refractivity contribution in [3.63, 3.8) is 0 Å². The molecular weight excluding hydrogens is 286 g/mol. The first kappa shape index (κ1) is 17.4. The van der Waals surface area contributed by atoms with Gasteiger partial charge in [0, 0.05) is 31.8 Å². The summed E-state index contributed by atoms with van der Waals surface area (Å²) in [4.78, 5) is 47.3. The van der Waals surface area contributed by atoms with E-state index >= 15 is 0 Å². The molecule has 1 aromatic rings. The molecule has 0 aliphatic rings. The maximum absolute atomic E-state index is 12.5. The van der Waals surface area contributed by atoms with Gasteiger partial charge in [0.1, 0.15) is 12.3 Å². The van der Waals surface area contributed by atoms with E-state index in [9.17, 15) is 19.2 Å². The zero-order chi connectivity index (χ0) is 16.7. The van der Waals surface area contributed by atoms with Gasteiger partial charge in [-0.1, -0.05) is 6.07 Å². The number of nitrogen functional groups attached to an aromatic ring is 1. The fraction of sp³-hybridized carbons (Fsp3) is 0.333. The Labute approximate surface area is 128 Å². The van der Waals surface area contributed by atoms with Gasteiger partial charge in [-0.3, -0.25) is 14.4 Å². The fourth-order valence-electron chi connectivity index (χ4n) is 2.13.